The van der Waals surface area contributed by atoms with Crippen molar-refractivity contribution in [2.45, 2.75) is 44.7 Å². The van der Waals surface area contributed by atoms with Crippen LogP contribution < -0.4 is 5.32 Å². The molecule has 0 aliphatic carbocycles. The van der Waals surface area contributed by atoms with Crippen molar-refractivity contribution in [1.29, 1.82) is 0 Å². The highest BCUT2D eigenvalue weighted by atomic mass is 16.5. The molecule has 1 N–H and O–H groups in total. The molecule has 1 amide bonds. The van der Waals surface area contributed by atoms with Gasteiger partial charge in [0.15, 0.2) is 0 Å². The van der Waals surface area contributed by atoms with Gasteiger partial charge in [-0.05, 0) is 39.2 Å². The summed E-state index contributed by atoms with van der Waals surface area (Å²) in [5, 5.41) is 3.08. The van der Waals surface area contributed by atoms with Crippen LogP contribution in [0.5, 0.6) is 0 Å². The van der Waals surface area contributed by atoms with Crippen LogP contribution in [0.3, 0.4) is 0 Å². The Bertz CT molecular complexity index is 245. The Morgan fingerprint density at radius 2 is 2.31 bits per heavy atom. The van der Waals surface area contributed by atoms with Crippen LogP contribution in [0, 0.1) is 0 Å². The van der Waals surface area contributed by atoms with Gasteiger partial charge in [-0.2, -0.15) is 0 Å². The molecule has 0 radical (unpaired) electrons. The van der Waals surface area contributed by atoms with E-state index < -0.39 is 0 Å². The van der Waals surface area contributed by atoms with E-state index in [9.17, 15) is 4.79 Å². The van der Waals surface area contributed by atoms with Crippen LogP contribution in [0.25, 0.3) is 0 Å². The lowest BCUT2D eigenvalue weighted by Gasteiger charge is -2.35. The van der Waals surface area contributed by atoms with Gasteiger partial charge in [0, 0.05) is 25.2 Å². The highest BCUT2D eigenvalue weighted by Crippen LogP contribution is 2.26. The normalized spacial score (nSPS) is 30.1. The lowest BCUT2D eigenvalue weighted by atomic mass is 9.97. The molecule has 0 saturated carbocycles. The number of hydrogen-bond acceptors (Lipinski definition) is 3. The van der Waals surface area contributed by atoms with E-state index >= 15 is 0 Å². The van der Waals surface area contributed by atoms with Gasteiger partial charge in [0.05, 0.1) is 0 Å². The molecule has 4 nitrogen and oxygen atoms in total. The summed E-state index contributed by atoms with van der Waals surface area (Å²) in [7, 11) is 0. The summed E-state index contributed by atoms with van der Waals surface area (Å²) >= 11 is 0. The number of rotatable bonds is 4. The van der Waals surface area contributed by atoms with Crippen molar-refractivity contribution >= 4 is 5.91 Å². The Hall–Kier alpha value is -0.610. The Kier molecular flexibility index (Phi) is 4.18. The van der Waals surface area contributed by atoms with E-state index in [1.165, 1.54) is 19.4 Å². The highest BCUT2D eigenvalue weighted by molar-refractivity contribution is 5.77. The third-order valence-corrected chi connectivity index (χ3v) is 3.62. The quantitative estimate of drug-likeness (QED) is 0.769. The molecule has 0 aromatic rings. The summed E-state index contributed by atoms with van der Waals surface area (Å²) in [6, 6.07) is 1.08. The number of ether oxygens (including phenoxy) is 1. The van der Waals surface area contributed by atoms with Crippen LogP contribution in [0.4, 0.5) is 0 Å². The van der Waals surface area contributed by atoms with E-state index in [2.05, 4.69) is 10.2 Å². The second-order valence-electron chi connectivity index (χ2n) is 4.76. The monoisotopic (exact) mass is 226 g/mol. The molecule has 2 heterocycles. The Balaban J connectivity index is 1.72. The number of nitrogens with zero attached hydrogens (tertiary/aromatic N) is 1. The van der Waals surface area contributed by atoms with Crippen molar-refractivity contribution < 1.29 is 9.53 Å². The first-order chi connectivity index (χ1) is 7.79. The summed E-state index contributed by atoms with van der Waals surface area (Å²) in [5.41, 5.74) is 0. The molecule has 0 bridgehead atoms. The first kappa shape index (κ1) is 11.9. The molecule has 92 valence electrons. The maximum absolute atomic E-state index is 11.5. The van der Waals surface area contributed by atoms with Gasteiger partial charge >= 0.3 is 0 Å². The predicted molar refractivity (Wildman–Crippen MR) is 62.3 cm³/mol. The number of carbonyl (C=O) groups excluding carboxylic acids is 1. The van der Waals surface area contributed by atoms with Crippen LogP contribution in [-0.2, 0) is 9.53 Å². The van der Waals surface area contributed by atoms with Gasteiger partial charge < -0.3 is 15.0 Å². The molecular weight excluding hydrogens is 204 g/mol. The number of nitrogens with one attached hydrogen (secondary N) is 1. The average molecular weight is 226 g/mol. The molecule has 2 aliphatic rings. The van der Waals surface area contributed by atoms with Gasteiger partial charge in [-0.3, -0.25) is 4.79 Å². The van der Waals surface area contributed by atoms with E-state index in [1.54, 1.807) is 0 Å². The highest BCUT2D eigenvalue weighted by Gasteiger charge is 2.31. The standard InChI is InChI=1S/C12H22N2O2/c1-2-16-9-12(15)13-10-5-7-14-6-3-4-11(14)8-10/h10-11H,2-9H2,1H3,(H,13,15). The van der Waals surface area contributed by atoms with Gasteiger partial charge in [0.1, 0.15) is 6.61 Å². The molecular formula is C12H22N2O2. The number of hydrogen-bond donors (Lipinski definition) is 1. The summed E-state index contributed by atoms with van der Waals surface area (Å²) in [4.78, 5) is 14.1. The lowest BCUT2D eigenvalue weighted by molar-refractivity contribution is -0.126. The van der Waals surface area contributed by atoms with Crippen molar-refractivity contribution in [2.24, 2.45) is 0 Å². The molecule has 2 fully saturated rings. The van der Waals surface area contributed by atoms with Crippen molar-refractivity contribution in [2.75, 3.05) is 26.3 Å². The first-order valence-corrected chi connectivity index (χ1v) is 6.40. The van der Waals surface area contributed by atoms with Gasteiger partial charge in [0.25, 0.3) is 0 Å². The predicted octanol–water partition coefficient (Wildman–Crippen LogP) is 0.766. The molecule has 0 spiro atoms. The maximum atomic E-state index is 11.5. The Morgan fingerprint density at radius 1 is 1.44 bits per heavy atom. The van der Waals surface area contributed by atoms with Crippen LogP contribution in [-0.4, -0.2) is 49.2 Å². The Labute approximate surface area is 97.3 Å². The van der Waals surface area contributed by atoms with Crippen LogP contribution in [0.1, 0.15) is 32.6 Å². The zero-order valence-electron chi connectivity index (χ0n) is 10.1. The SMILES string of the molecule is CCOCC(=O)NC1CCN2CCCC2C1. The minimum absolute atomic E-state index is 0.0401. The summed E-state index contributed by atoms with van der Waals surface area (Å²) < 4.78 is 5.10. The molecule has 0 aromatic heterocycles. The van der Waals surface area contributed by atoms with Crippen molar-refractivity contribution in [1.82, 2.24) is 10.2 Å². The average Bonchev–Trinajstić information content (AvgIpc) is 2.73. The van der Waals surface area contributed by atoms with Crippen LogP contribution in [0.2, 0.25) is 0 Å². The zero-order chi connectivity index (χ0) is 11.4. The molecule has 2 unspecified atom stereocenters. The largest absolute Gasteiger partial charge is 0.372 e. The molecule has 16 heavy (non-hydrogen) atoms. The molecule has 2 rings (SSSR count). The topological polar surface area (TPSA) is 41.6 Å². The minimum Gasteiger partial charge on any atom is -0.372 e. The van der Waals surface area contributed by atoms with Gasteiger partial charge in [-0.1, -0.05) is 0 Å². The van der Waals surface area contributed by atoms with Crippen molar-refractivity contribution in [3.8, 4) is 0 Å². The van der Waals surface area contributed by atoms with Gasteiger partial charge in [-0.15, -0.1) is 0 Å². The first-order valence-electron chi connectivity index (χ1n) is 6.40. The van der Waals surface area contributed by atoms with Crippen LogP contribution in [0.15, 0.2) is 0 Å². The zero-order valence-corrected chi connectivity index (χ0v) is 10.1. The second-order valence-corrected chi connectivity index (χ2v) is 4.76. The third kappa shape index (κ3) is 2.95. The summed E-state index contributed by atoms with van der Waals surface area (Å²) in [6.07, 6.45) is 4.84. The number of fused-ring (bicyclic) bond motifs is 1. The van der Waals surface area contributed by atoms with E-state index in [-0.39, 0.29) is 12.5 Å². The van der Waals surface area contributed by atoms with E-state index in [4.69, 9.17) is 4.74 Å². The fourth-order valence-corrected chi connectivity index (χ4v) is 2.82. The fourth-order valence-electron chi connectivity index (χ4n) is 2.82. The molecule has 0 aromatic carbocycles. The molecule has 2 saturated heterocycles. The smallest absolute Gasteiger partial charge is 0.246 e. The van der Waals surface area contributed by atoms with E-state index in [0.717, 1.165) is 19.4 Å². The summed E-state index contributed by atoms with van der Waals surface area (Å²) in [6.45, 7) is 5.12. The number of amides is 1. The van der Waals surface area contributed by atoms with Gasteiger partial charge in [0.2, 0.25) is 5.91 Å². The molecule has 4 heteroatoms. The van der Waals surface area contributed by atoms with Crippen molar-refractivity contribution in [3.63, 3.8) is 0 Å². The van der Waals surface area contributed by atoms with Gasteiger partial charge in [-0.25, -0.2) is 0 Å². The van der Waals surface area contributed by atoms with Crippen molar-refractivity contribution in [3.05, 3.63) is 0 Å². The van der Waals surface area contributed by atoms with E-state index in [0.29, 0.717) is 18.7 Å². The second kappa shape index (κ2) is 5.64. The number of piperidine rings is 1. The summed E-state index contributed by atoms with van der Waals surface area (Å²) in [5.74, 6) is 0.0401. The third-order valence-electron chi connectivity index (χ3n) is 3.62. The number of carbonyl (C=O) groups is 1. The fraction of sp³-hybridized carbons (Fsp3) is 0.917. The molecule has 2 atom stereocenters. The lowest BCUT2D eigenvalue weighted by Crippen LogP contribution is -2.48. The maximum Gasteiger partial charge on any atom is 0.246 e. The molecule has 2 aliphatic heterocycles. The minimum atomic E-state index is 0.0401. The van der Waals surface area contributed by atoms with Crippen LogP contribution >= 0.6 is 0 Å². The van der Waals surface area contributed by atoms with E-state index in [1.807, 2.05) is 6.92 Å². The Morgan fingerprint density at radius 3 is 3.12 bits per heavy atom.